The first-order valence-electron chi connectivity index (χ1n) is 3.99. The van der Waals surface area contributed by atoms with Crippen LogP contribution in [0.2, 0.25) is 0 Å². The molecule has 0 aliphatic carbocycles. The molecule has 1 heterocycles. The molecule has 1 N–H and O–H groups in total. The maximum atomic E-state index is 8.59. The molecule has 1 aliphatic heterocycles. The largest absolute Gasteiger partial charge is 0.302 e. The van der Waals surface area contributed by atoms with Crippen LogP contribution in [0, 0.1) is 17.2 Å². The van der Waals surface area contributed by atoms with Gasteiger partial charge in [-0.2, -0.15) is 5.26 Å². The fraction of sp³-hybridized carbons (Fsp3) is 0.875. The van der Waals surface area contributed by atoms with Gasteiger partial charge in [-0.05, 0) is 25.3 Å². The lowest BCUT2D eigenvalue weighted by Gasteiger charge is -2.24. The van der Waals surface area contributed by atoms with E-state index in [0.29, 0.717) is 0 Å². The third-order valence-electron chi connectivity index (χ3n) is 2.25. The molecule has 56 valence electrons. The first-order valence-corrected chi connectivity index (χ1v) is 3.99. The molecule has 10 heavy (non-hydrogen) atoms. The minimum Gasteiger partial charge on any atom is -0.302 e. The molecule has 0 aromatic heterocycles. The molecule has 1 rings (SSSR count). The van der Waals surface area contributed by atoms with Gasteiger partial charge in [-0.1, -0.05) is 13.3 Å². The molecule has 0 aromatic carbocycles. The van der Waals surface area contributed by atoms with Crippen molar-refractivity contribution in [3.63, 3.8) is 0 Å². The Hall–Kier alpha value is -0.550. The number of rotatable bonds is 1. The molecular weight excluding hydrogens is 124 g/mol. The van der Waals surface area contributed by atoms with Crippen LogP contribution in [0.3, 0.4) is 0 Å². The minimum absolute atomic E-state index is 0.124. The van der Waals surface area contributed by atoms with Crippen LogP contribution in [0.4, 0.5) is 0 Å². The summed E-state index contributed by atoms with van der Waals surface area (Å²) in [5.74, 6) is 0.783. The zero-order valence-corrected chi connectivity index (χ0v) is 6.43. The molecule has 1 saturated heterocycles. The summed E-state index contributed by atoms with van der Waals surface area (Å²) in [5, 5.41) is 11.8. The Morgan fingerprint density at radius 2 is 2.50 bits per heavy atom. The molecule has 0 spiro atoms. The zero-order valence-electron chi connectivity index (χ0n) is 6.43. The smallest absolute Gasteiger partial charge is 0.0955 e. The van der Waals surface area contributed by atoms with Gasteiger partial charge in [-0.25, -0.2) is 0 Å². The molecular formula is C8H14N2. The van der Waals surface area contributed by atoms with Crippen molar-refractivity contribution < 1.29 is 0 Å². The minimum atomic E-state index is 0.124. The van der Waals surface area contributed by atoms with Crippen LogP contribution >= 0.6 is 0 Å². The molecule has 0 bridgehead atoms. The highest BCUT2D eigenvalue weighted by Gasteiger charge is 2.18. The summed E-state index contributed by atoms with van der Waals surface area (Å²) in [6.07, 6.45) is 3.52. The Kier molecular flexibility index (Phi) is 2.70. The van der Waals surface area contributed by atoms with Crippen LogP contribution in [0.5, 0.6) is 0 Å². The van der Waals surface area contributed by atoms with Crippen molar-refractivity contribution in [2.45, 2.75) is 32.2 Å². The Bertz CT molecular complexity index is 137. The summed E-state index contributed by atoms with van der Waals surface area (Å²) in [4.78, 5) is 0. The van der Waals surface area contributed by atoms with Crippen LogP contribution in [-0.4, -0.2) is 12.6 Å². The number of nitrogens with zero attached hydrogens (tertiary/aromatic N) is 1. The van der Waals surface area contributed by atoms with E-state index in [2.05, 4.69) is 18.3 Å². The van der Waals surface area contributed by atoms with E-state index in [1.807, 2.05) is 0 Å². The Labute approximate surface area is 62.2 Å². The van der Waals surface area contributed by atoms with E-state index in [0.717, 1.165) is 18.9 Å². The molecule has 2 nitrogen and oxygen atoms in total. The highest BCUT2D eigenvalue weighted by Crippen LogP contribution is 2.18. The van der Waals surface area contributed by atoms with E-state index < -0.39 is 0 Å². The summed E-state index contributed by atoms with van der Waals surface area (Å²) in [6.45, 7) is 3.22. The van der Waals surface area contributed by atoms with Gasteiger partial charge in [-0.15, -0.1) is 0 Å². The van der Waals surface area contributed by atoms with E-state index in [1.165, 1.54) is 12.8 Å². The predicted molar refractivity (Wildman–Crippen MR) is 40.4 cm³/mol. The van der Waals surface area contributed by atoms with Gasteiger partial charge >= 0.3 is 0 Å². The van der Waals surface area contributed by atoms with Gasteiger partial charge in [0.1, 0.15) is 0 Å². The first kappa shape index (κ1) is 7.56. The van der Waals surface area contributed by atoms with E-state index in [4.69, 9.17) is 5.26 Å². The number of hydrogen-bond donors (Lipinski definition) is 1. The second kappa shape index (κ2) is 3.58. The van der Waals surface area contributed by atoms with E-state index in [9.17, 15) is 0 Å². The number of hydrogen-bond acceptors (Lipinski definition) is 2. The van der Waals surface area contributed by atoms with Crippen molar-refractivity contribution in [3.05, 3.63) is 0 Å². The van der Waals surface area contributed by atoms with Crippen molar-refractivity contribution in [2.75, 3.05) is 6.54 Å². The summed E-state index contributed by atoms with van der Waals surface area (Å²) < 4.78 is 0. The Morgan fingerprint density at radius 1 is 1.70 bits per heavy atom. The third kappa shape index (κ3) is 1.71. The van der Waals surface area contributed by atoms with Crippen LogP contribution in [0.1, 0.15) is 26.2 Å². The average molecular weight is 138 g/mol. The molecule has 0 amide bonds. The van der Waals surface area contributed by atoms with Crippen molar-refractivity contribution in [1.29, 1.82) is 5.26 Å². The van der Waals surface area contributed by atoms with E-state index >= 15 is 0 Å². The maximum absolute atomic E-state index is 8.59. The Morgan fingerprint density at radius 3 is 3.10 bits per heavy atom. The van der Waals surface area contributed by atoms with Gasteiger partial charge in [0.25, 0.3) is 0 Å². The number of piperidine rings is 1. The number of nitriles is 1. The van der Waals surface area contributed by atoms with Gasteiger partial charge in [0.05, 0.1) is 12.1 Å². The SMILES string of the molecule is CCC1CCNC(C#N)C1. The average Bonchev–Trinajstić information content (AvgIpc) is 2.05. The normalized spacial score (nSPS) is 33.2. The molecule has 0 aromatic rings. The topological polar surface area (TPSA) is 35.8 Å². The van der Waals surface area contributed by atoms with Crippen LogP contribution in [0.25, 0.3) is 0 Å². The summed E-state index contributed by atoms with van der Waals surface area (Å²) >= 11 is 0. The standard InChI is InChI=1S/C8H14N2/c1-2-7-3-4-10-8(5-7)6-9/h7-8,10H,2-5H2,1H3. The molecule has 2 atom stereocenters. The summed E-state index contributed by atoms with van der Waals surface area (Å²) in [6, 6.07) is 2.38. The van der Waals surface area contributed by atoms with Gasteiger partial charge < -0.3 is 5.32 Å². The summed E-state index contributed by atoms with van der Waals surface area (Å²) in [7, 11) is 0. The van der Waals surface area contributed by atoms with Crippen LogP contribution in [0.15, 0.2) is 0 Å². The maximum Gasteiger partial charge on any atom is 0.0955 e. The monoisotopic (exact) mass is 138 g/mol. The van der Waals surface area contributed by atoms with Gasteiger partial charge in [0.15, 0.2) is 0 Å². The second-order valence-corrected chi connectivity index (χ2v) is 2.93. The highest BCUT2D eigenvalue weighted by atomic mass is 14.9. The van der Waals surface area contributed by atoms with Crippen molar-refractivity contribution in [2.24, 2.45) is 5.92 Å². The van der Waals surface area contributed by atoms with Crippen molar-refractivity contribution >= 4 is 0 Å². The fourth-order valence-electron chi connectivity index (χ4n) is 1.47. The van der Waals surface area contributed by atoms with Gasteiger partial charge in [0.2, 0.25) is 0 Å². The highest BCUT2D eigenvalue weighted by molar-refractivity contribution is 4.93. The number of nitrogens with one attached hydrogen (secondary N) is 1. The zero-order chi connectivity index (χ0) is 7.40. The molecule has 0 saturated carbocycles. The molecule has 0 radical (unpaired) electrons. The fourth-order valence-corrected chi connectivity index (χ4v) is 1.47. The molecule has 2 heteroatoms. The lowest BCUT2D eigenvalue weighted by Crippen LogP contribution is -2.36. The second-order valence-electron chi connectivity index (χ2n) is 2.93. The van der Waals surface area contributed by atoms with Crippen LogP contribution in [-0.2, 0) is 0 Å². The van der Waals surface area contributed by atoms with Gasteiger partial charge in [0, 0.05) is 0 Å². The van der Waals surface area contributed by atoms with E-state index in [-0.39, 0.29) is 6.04 Å². The third-order valence-corrected chi connectivity index (χ3v) is 2.25. The first-order chi connectivity index (χ1) is 4.86. The quantitative estimate of drug-likeness (QED) is 0.592. The van der Waals surface area contributed by atoms with Crippen LogP contribution < -0.4 is 5.32 Å². The molecule has 1 fully saturated rings. The lowest BCUT2D eigenvalue weighted by atomic mass is 9.91. The predicted octanol–water partition coefficient (Wildman–Crippen LogP) is 1.29. The van der Waals surface area contributed by atoms with Crippen molar-refractivity contribution in [1.82, 2.24) is 5.32 Å². The summed E-state index contributed by atoms with van der Waals surface area (Å²) in [5.41, 5.74) is 0. The van der Waals surface area contributed by atoms with Gasteiger partial charge in [-0.3, -0.25) is 0 Å². The molecule has 1 aliphatic rings. The molecule has 2 unspecified atom stereocenters. The van der Waals surface area contributed by atoms with E-state index in [1.54, 1.807) is 0 Å². The lowest BCUT2D eigenvalue weighted by molar-refractivity contribution is 0.330. The van der Waals surface area contributed by atoms with Crippen molar-refractivity contribution in [3.8, 4) is 6.07 Å². The Balaban J connectivity index is 2.33.